The third-order valence-corrected chi connectivity index (χ3v) is 3.44. The number of hydrogen-bond donors (Lipinski definition) is 1. The Bertz CT molecular complexity index is 363. The highest BCUT2D eigenvalue weighted by Crippen LogP contribution is 2.10. The van der Waals surface area contributed by atoms with Crippen LogP contribution in [0.5, 0.6) is 0 Å². The fourth-order valence-corrected chi connectivity index (χ4v) is 2.37. The molecule has 108 valence electrons. The molecule has 2 rings (SSSR count). The maximum Gasteiger partial charge on any atom is 0.240 e. The van der Waals surface area contributed by atoms with Crippen molar-refractivity contribution in [1.82, 2.24) is 20.4 Å². The van der Waals surface area contributed by atoms with E-state index in [1.165, 1.54) is 12.8 Å². The van der Waals surface area contributed by atoms with E-state index >= 15 is 0 Å². The van der Waals surface area contributed by atoms with Gasteiger partial charge in [0.05, 0.1) is 13.2 Å². The van der Waals surface area contributed by atoms with E-state index in [1.807, 2.05) is 6.92 Å². The minimum Gasteiger partial charge on any atom is -0.383 e. The largest absolute Gasteiger partial charge is 0.383 e. The molecule has 0 radical (unpaired) electrons. The molecule has 0 bridgehead atoms. The predicted octanol–water partition coefficient (Wildman–Crippen LogP) is 0.832. The molecular weight excluding hydrogens is 244 g/mol. The fourth-order valence-electron chi connectivity index (χ4n) is 2.37. The minimum absolute atomic E-state index is 0.574. The molecule has 1 fully saturated rings. The molecule has 19 heavy (non-hydrogen) atoms. The normalized spacial score (nSPS) is 19.4. The molecule has 1 N–H and O–H groups in total. The van der Waals surface area contributed by atoms with Gasteiger partial charge < -0.3 is 14.6 Å². The summed E-state index contributed by atoms with van der Waals surface area (Å²) in [5.74, 6) is 1.48. The quantitative estimate of drug-likeness (QED) is 0.753. The first-order valence-corrected chi connectivity index (χ1v) is 7.08. The lowest BCUT2D eigenvalue weighted by atomic mass is 10.2. The van der Waals surface area contributed by atoms with Crippen molar-refractivity contribution >= 4 is 0 Å². The van der Waals surface area contributed by atoms with Gasteiger partial charge >= 0.3 is 0 Å². The Morgan fingerprint density at radius 1 is 1.53 bits per heavy atom. The Balaban J connectivity index is 1.87. The summed E-state index contributed by atoms with van der Waals surface area (Å²) in [6, 6.07) is 0.574. The van der Waals surface area contributed by atoms with Gasteiger partial charge in [-0.2, -0.15) is 4.98 Å². The van der Waals surface area contributed by atoms with Gasteiger partial charge in [-0.05, 0) is 19.4 Å². The van der Waals surface area contributed by atoms with Crippen LogP contribution in [-0.4, -0.2) is 54.4 Å². The number of aryl methyl sites for hydroxylation is 1. The van der Waals surface area contributed by atoms with Crippen LogP contribution >= 0.6 is 0 Å². The highest BCUT2D eigenvalue weighted by molar-refractivity contribution is 4.87. The van der Waals surface area contributed by atoms with Crippen LogP contribution < -0.4 is 5.32 Å². The van der Waals surface area contributed by atoms with Crippen molar-refractivity contribution in [3.63, 3.8) is 0 Å². The second-order valence-electron chi connectivity index (χ2n) is 4.98. The highest BCUT2D eigenvalue weighted by atomic mass is 16.5. The number of ether oxygens (including phenoxy) is 1. The second-order valence-corrected chi connectivity index (χ2v) is 4.98. The molecule has 1 aliphatic heterocycles. The van der Waals surface area contributed by atoms with Crippen LogP contribution in [-0.2, 0) is 17.7 Å². The molecule has 0 aromatic carbocycles. The zero-order chi connectivity index (χ0) is 13.5. The van der Waals surface area contributed by atoms with E-state index in [2.05, 4.69) is 20.4 Å². The zero-order valence-corrected chi connectivity index (χ0v) is 11.9. The lowest BCUT2D eigenvalue weighted by molar-refractivity contribution is 0.129. The molecule has 0 spiro atoms. The maximum absolute atomic E-state index is 5.27. The van der Waals surface area contributed by atoms with E-state index < -0.39 is 0 Å². The summed E-state index contributed by atoms with van der Waals surface area (Å²) in [6.07, 6.45) is 3.32. The van der Waals surface area contributed by atoms with E-state index in [0.717, 1.165) is 38.5 Å². The zero-order valence-electron chi connectivity index (χ0n) is 11.9. The van der Waals surface area contributed by atoms with Crippen LogP contribution in [0, 0.1) is 0 Å². The number of hydrogen-bond acceptors (Lipinski definition) is 6. The standard InChI is InChI=1S/C13H24N4O2/c1-3-12-15-13(19-16-12)10-17(7-8-18-2)9-11-5-4-6-14-11/h11,14H,3-10H2,1-2H3. The Morgan fingerprint density at radius 2 is 2.42 bits per heavy atom. The Hall–Kier alpha value is -0.980. The molecule has 1 aromatic heterocycles. The molecule has 0 amide bonds. The average Bonchev–Trinajstić information content (AvgIpc) is 3.07. The van der Waals surface area contributed by atoms with Gasteiger partial charge in [-0.25, -0.2) is 0 Å². The molecule has 0 saturated carbocycles. The lowest BCUT2D eigenvalue weighted by Gasteiger charge is -2.23. The van der Waals surface area contributed by atoms with Gasteiger partial charge in [0.15, 0.2) is 5.82 Å². The first-order valence-electron chi connectivity index (χ1n) is 7.08. The summed E-state index contributed by atoms with van der Waals surface area (Å²) in [7, 11) is 1.73. The van der Waals surface area contributed by atoms with Crippen molar-refractivity contribution in [1.29, 1.82) is 0 Å². The Kier molecular flexibility index (Phi) is 5.75. The minimum atomic E-state index is 0.574. The number of methoxy groups -OCH3 is 1. The van der Waals surface area contributed by atoms with Gasteiger partial charge in [-0.3, -0.25) is 4.90 Å². The van der Waals surface area contributed by atoms with Crippen molar-refractivity contribution in [2.75, 3.05) is 33.4 Å². The van der Waals surface area contributed by atoms with E-state index in [1.54, 1.807) is 7.11 Å². The third kappa shape index (κ3) is 4.56. The third-order valence-electron chi connectivity index (χ3n) is 3.44. The molecule has 6 heteroatoms. The number of rotatable bonds is 8. The molecule has 0 aliphatic carbocycles. The van der Waals surface area contributed by atoms with Gasteiger partial charge in [-0.1, -0.05) is 12.1 Å². The Morgan fingerprint density at radius 3 is 3.05 bits per heavy atom. The van der Waals surface area contributed by atoms with Crippen molar-refractivity contribution in [2.24, 2.45) is 0 Å². The average molecular weight is 268 g/mol. The molecule has 2 heterocycles. The SMILES string of the molecule is CCc1noc(CN(CCOC)CC2CCCN2)n1. The molecule has 1 aromatic rings. The van der Waals surface area contributed by atoms with E-state index in [9.17, 15) is 0 Å². The molecular formula is C13H24N4O2. The van der Waals surface area contributed by atoms with Crippen molar-refractivity contribution in [3.05, 3.63) is 11.7 Å². The van der Waals surface area contributed by atoms with Gasteiger partial charge in [0.1, 0.15) is 0 Å². The number of nitrogens with zero attached hydrogens (tertiary/aromatic N) is 3. The molecule has 1 unspecified atom stereocenters. The van der Waals surface area contributed by atoms with Crippen molar-refractivity contribution < 1.29 is 9.26 Å². The number of aromatic nitrogens is 2. The van der Waals surface area contributed by atoms with Crippen LogP contribution in [0.3, 0.4) is 0 Å². The molecule has 1 aliphatic rings. The van der Waals surface area contributed by atoms with Crippen LogP contribution in [0.1, 0.15) is 31.5 Å². The Labute approximate surface area is 114 Å². The van der Waals surface area contributed by atoms with E-state index in [4.69, 9.17) is 9.26 Å². The first-order chi connectivity index (χ1) is 9.31. The van der Waals surface area contributed by atoms with Crippen LogP contribution in [0.25, 0.3) is 0 Å². The summed E-state index contributed by atoms with van der Waals surface area (Å²) in [4.78, 5) is 6.69. The van der Waals surface area contributed by atoms with Crippen LogP contribution in [0.4, 0.5) is 0 Å². The van der Waals surface area contributed by atoms with Gasteiger partial charge in [0.2, 0.25) is 5.89 Å². The second kappa shape index (κ2) is 7.57. The summed E-state index contributed by atoms with van der Waals surface area (Å²) in [5, 5.41) is 7.46. The van der Waals surface area contributed by atoms with E-state index in [0.29, 0.717) is 18.5 Å². The van der Waals surface area contributed by atoms with Gasteiger partial charge in [-0.15, -0.1) is 0 Å². The predicted molar refractivity (Wildman–Crippen MR) is 71.9 cm³/mol. The fraction of sp³-hybridized carbons (Fsp3) is 0.846. The number of nitrogens with one attached hydrogen (secondary N) is 1. The summed E-state index contributed by atoms with van der Waals surface area (Å²) in [6.45, 7) is 6.48. The molecule has 6 nitrogen and oxygen atoms in total. The van der Waals surface area contributed by atoms with Crippen molar-refractivity contribution in [2.45, 2.75) is 38.8 Å². The smallest absolute Gasteiger partial charge is 0.240 e. The van der Waals surface area contributed by atoms with E-state index in [-0.39, 0.29) is 0 Å². The van der Waals surface area contributed by atoms with Gasteiger partial charge in [0.25, 0.3) is 0 Å². The monoisotopic (exact) mass is 268 g/mol. The first kappa shape index (κ1) is 14.4. The van der Waals surface area contributed by atoms with Crippen LogP contribution in [0.15, 0.2) is 4.52 Å². The van der Waals surface area contributed by atoms with Crippen LogP contribution in [0.2, 0.25) is 0 Å². The topological polar surface area (TPSA) is 63.4 Å². The van der Waals surface area contributed by atoms with Crippen molar-refractivity contribution in [3.8, 4) is 0 Å². The molecule has 1 atom stereocenters. The molecule has 1 saturated heterocycles. The maximum atomic E-state index is 5.27. The summed E-state index contributed by atoms with van der Waals surface area (Å²) < 4.78 is 10.4. The summed E-state index contributed by atoms with van der Waals surface area (Å²) >= 11 is 0. The summed E-state index contributed by atoms with van der Waals surface area (Å²) in [5.41, 5.74) is 0. The highest BCUT2D eigenvalue weighted by Gasteiger charge is 2.19. The van der Waals surface area contributed by atoms with Gasteiger partial charge in [0, 0.05) is 32.7 Å². The lowest BCUT2D eigenvalue weighted by Crippen LogP contribution is -2.38.